The number of aliphatic imine (C=N–C) groups is 1. The van der Waals surface area contributed by atoms with Crippen molar-refractivity contribution in [3.05, 3.63) is 34.9 Å². The number of amidine groups is 1. The molecule has 1 aromatic rings. The molecule has 3 rings (SSSR count). The average molecular weight is 361 g/mol. The normalized spacial score (nSPS) is 32.4. The predicted molar refractivity (Wildman–Crippen MR) is 109 cm³/mol. The maximum Gasteiger partial charge on any atom is 0.109 e. The lowest BCUT2D eigenvalue weighted by Crippen LogP contribution is -2.50. The van der Waals surface area contributed by atoms with Crippen LogP contribution in [-0.2, 0) is 11.8 Å². The van der Waals surface area contributed by atoms with Crippen molar-refractivity contribution in [1.82, 2.24) is 0 Å². The van der Waals surface area contributed by atoms with E-state index in [-0.39, 0.29) is 10.8 Å². The van der Waals surface area contributed by atoms with Gasteiger partial charge in [0, 0.05) is 6.54 Å². The van der Waals surface area contributed by atoms with Gasteiger partial charge in [-0.1, -0.05) is 52.3 Å². The highest BCUT2D eigenvalue weighted by atomic mass is 35.5. The van der Waals surface area contributed by atoms with E-state index in [0.29, 0.717) is 23.6 Å². The number of hydrogen-bond donors (Lipinski definition) is 1. The molecule has 3 atom stereocenters. The highest BCUT2D eigenvalue weighted by Gasteiger charge is 2.51. The van der Waals surface area contributed by atoms with Crippen molar-refractivity contribution in [1.29, 1.82) is 0 Å². The van der Waals surface area contributed by atoms with Crippen molar-refractivity contribution >= 4 is 17.4 Å². The van der Waals surface area contributed by atoms with Gasteiger partial charge in [-0.15, -0.1) is 11.6 Å². The van der Waals surface area contributed by atoms with Gasteiger partial charge in [-0.3, -0.25) is 4.99 Å². The van der Waals surface area contributed by atoms with Gasteiger partial charge in [-0.2, -0.15) is 0 Å². The first-order valence-electron chi connectivity index (χ1n) is 9.78. The van der Waals surface area contributed by atoms with Crippen LogP contribution in [0.25, 0.3) is 0 Å². The number of halogens is 1. The van der Waals surface area contributed by atoms with Crippen LogP contribution in [0.4, 0.5) is 0 Å². The third-order valence-electron chi connectivity index (χ3n) is 6.95. The number of aryl methyl sites for hydroxylation is 1. The first kappa shape index (κ1) is 18.8. The summed E-state index contributed by atoms with van der Waals surface area (Å²) in [5, 5.41) is 0. The van der Waals surface area contributed by atoms with E-state index in [2.05, 4.69) is 50.9 Å². The topological polar surface area (TPSA) is 38.4 Å². The molecule has 2 aliphatic rings. The molecular formula is C22H33ClN2. The lowest BCUT2D eigenvalue weighted by Gasteiger charge is -2.55. The van der Waals surface area contributed by atoms with E-state index in [1.807, 2.05) is 0 Å². The summed E-state index contributed by atoms with van der Waals surface area (Å²) < 4.78 is 0. The molecule has 2 N–H and O–H groups in total. The summed E-state index contributed by atoms with van der Waals surface area (Å²) in [5.74, 6) is 2.17. The van der Waals surface area contributed by atoms with Crippen LogP contribution in [0.3, 0.4) is 0 Å². The van der Waals surface area contributed by atoms with Crippen LogP contribution in [-0.4, -0.2) is 18.3 Å². The molecular weight excluding hydrogens is 328 g/mol. The first-order chi connectivity index (χ1) is 11.8. The molecule has 138 valence electrons. The zero-order chi connectivity index (χ0) is 18.2. The van der Waals surface area contributed by atoms with Crippen LogP contribution in [0, 0.1) is 11.3 Å². The lowest BCUT2D eigenvalue weighted by atomic mass is 9.50. The highest BCUT2D eigenvalue weighted by Crippen LogP contribution is 2.57. The minimum absolute atomic E-state index is 0.220. The van der Waals surface area contributed by atoms with Crippen molar-refractivity contribution in [2.75, 3.05) is 12.4 Å². The van der Waals surface area contributed by atoms with Gasteiger partial charge in [0.15, 0.2) is 0 Å². The molecule has 3 unspecified atom stereocenters. The fourth-order valence-corrected chi connectivity index (χ4v) is 5.60. The van der Waals surface area contributed by atoms with Crippen LogP contribution < -0.4 is 5.73 Å². The van der Waals surface area contributed by atoms with Crippen LogP contribution in [0.15, 0.2) is 23.2 Å². The van der Waals surface area contributed by atoms with Crippen molar-refractivity contribution in [3.8, 4) is 0 Å². The second-order valence-corrected chi connectivity index (χ2v) is 9.30. The zero-order valence-electron chi connectivity index (χ0n) is 16.2. The molecule has 1 saturated carbocycles. The Morgan fingerprint density at radius 3 is 2.76 bits per heavy atom. The van der Waals surface area contributed by atoms with Gasteiger partial charge < -0.3 is 5.73 Å². The molecule has 2 nitrogen and oxygen atoms in total. The third kappa shape index (κ3) is 3.35. The summed E-state index contributed by atoms with van der Waals surface area (Å²) in [6.07, 6.45) is 6.26. The number of nitrogens with two attached hydrogens (primary N) is 1. The Labute approximate surface area is 158 Å². The number of rotatable bonds is 4. The SMILES string of the molecule is CC(C)c1ccc2c(c1)CCC1C(C)(CN=C(N)CCl)CCCC21C. The summed E-state index contributed by atoms with van der Waals surface area (Å²) in [5.41, 5.74) is 11.0. The molecule has 0 spiro atoms. The summed E-state index contributed by atoms with van der Waals surface area (Å²) in [6.45, 7) is 10.3. The van der Waals surface area contributed by atoms with Crippen molar-refractivity contribution in [2.45, 2.75) is 71.1 Å². The van der Waals surface area contributed by atoms with Crippen molar-refractivity contribution < 1.29 is 0 Å². The van der Waals surface area contributed by atoms with Crippen LogP contribution in [0.5, 0.6) is 0 Å². The number of fused-ring (bicyclic) bond motifs is 3. The molecule has 25 heavy (non-hydrogen) atoms. The summed E-state index contributed by atoms with van der Waals surface area (Å²) in [4.78, 5) is 4.62. The van der Waals surface area contributed by atoms with Gasteiger partial charge >= 0.3 is 0 Å². The maximum atomic E-state index is 5.89. The molecule has 1 aromatic carbocycles. The molecule has 0 saturated heterocycles. The molecule has 2 aliphatic carbocycles. The Hall–Kier alpha value is -1.02. The molecule has 0 aromatic heterocycles. The van der Waals surface area contributed by atoms with E-state index in [1.165, 1.54) is 37.7 Å². The van der Waals surface area contributed by atoms with Gasteiger partial charge in [0.05, 0.1) is 5.88 Å². The minimum atomic E-state index is 0.220. The lowest BCUT2D eigenvalue weighted by molar-refractivity contribution is 0.0330. The largest absolute Gasteiger partial charge is 0.386 e. The fraction of sp³-hybridized carbons (Fsp3) is 0.682. The summed E-state index contributed by atoms with van der Waals surface area (Å²) in [6, 6.07) is 7.25. The number of alkyl halides is 1. The second kappa shape index (κ2) is 6.95. The molecule has 3 heteroatoms. The predicted octanol–water partition coefficient (Wildman–Crippen LogP) is 5.42. The van der Waals surface area contributed by atoms with Gasteiger partial charge in [0.1, 0.15) is 5.84 Å². The highest BCUT2D eigenvalue weighted by molar-refractivity contribution is 6.27. The molecule has 1 fully saturated rings. The van der Waals surface area contributed by atoms with Gasteiger partial charge in [0.2, 0.25) is 0 Å². The molecule has 0 bridgehead atoms. The van der Waals surface area contributed by atoms with E-state index >= 15 is 0 Å². The zero-order valence-corrected chi connectivity index (χ0v) is 17.0. The summed E-state index contributed by atoms with van der Waals surface area (Å²) in [7, 11) is 0. The molecule has 0 radical (unpaired) electrons. The van der Waals surface area contributed by atoms with E-state index in [9.17, 15) is 0 Å². The first-order valence-corrected chi connectivity index (χ1v) is 10.3. The molecule has 0 aliphatic heterocycles. The number of benzene rings is 1. The monoisotopic (exact) mass is 360 g/mol. The fourth-order valence-electron chi connectivity index (χ4n) is 5.52. The Bertz CT molecular complexity index is 666. The summed E-state index contributed by atoms with van der Waals surface area (Å²) >= 11 is 5.83. The Kier molecular flexibility index (Phi) is 5.21. The van der Waals surface area contributed by atoms with E-state index in [1.54, 1.807) is 11.1 Å². The minimum Gasteiger partial charge on any atom is -0.386 e. The van der Waals surface area contributed by atoms with Crippen LogP contribution in [0.2, 0.25) is 0 Å². The Balaban J connectivity index is 1.95. The standard InChI is InChI=1S/C22H33ClN2/c1-15(2)16-6-8-18-17(12-16)7-9-19-21(3,14-25-20(24)13-23)10-5-11-22(18,19)4/h6,8,12,15,19H,5,7,9-11,13-14H2,1-4H3,(H2,24,25). The van der Waals surface area contributed by atoms with Crippen LogP contribution in [0.1, 0.15) is 76.0 Å². The number of hydrogen-bond acceptors (Lipinski definition) is 1. The third-order valence-corrected chi connectivity index (χ3v) is 7.22. The average Bonchev–Trinajstić information content (AvgIpc) is 2.59. The van der Waals surface area contributed by atoms with E-state index in [4.69, 9.17) is 17.3 Å². The van der Waals surface area contributed by atoms with Crippen molar-refractivity contribution in [3.63, 3.8) is 0 Å². The van der Waals surface area contributed by atoms with Crippen LogP contribution >= 0.6 is 11.6 Å². The van der Waals surface area contributed by atoms with Gasteiger partial charge in [-0.25, -0.2) is 0 Å². The quantitative estimate of drug-likeness (QED) is 0.434. The van der Waals surface area contributed by atoms with Crippen molar-refractivity contribution in [2.24, 2.45) is 22.1 Å². The molecule has 0 amide bonds. The number of nitrogens with zero attached hydrogens (tertiary/aromatic N) is 1. The Morgan fingerprint density at radius 2 is 2.08 bits per heavy atom. The maximum absolute atomic E-state index is 5.89. The van der Waals surface area contributed by atoms with E-state index < -0.39 is 0 Å². The smallest absolute Gasteiger partial charge is 0.109 e. The van der Waals surface area contributed by atoms with Gasteiger partial charge in [0.25, 0.3) is 0 Å². The van der Waals surface area contributed by atoms with Gasteiger partial charge in [-0.05, 0) is 65.0 Å². The van der Waals surface area contributed by atoms with E-state index in [0.717, 1.165) is 6.54 Å². The second-order valence-electron chi connectivity index (χ2n) is 9.03. The molecule has 0 heterocycles. The Morgan fingerprint density at radius 1 is 1.32 bits per heavy atom.